The summed E-state index contributed by atoms with van der Waals surface area (Å²) in [6, 6.07) is 4.01. The van der Waals surface area contributed by atoms with Gasteiger partial charge in [0, 0.05) is 43.9 Å². The van der Waals surface area contributed by atoms with E-state index < -0.39 is 28.5 Å². The van der Waals surface area contributed by atoms with Gasteiger partial charge in [0.15, 0.2) is 5.78 Å². The second-order valence-corrected chi connectivity index (χ2v) is 7.93. The predicted octanol–water partition coefficient (Wildman–Crippen LogP) is 1.20. The van der Waals surface area contributed by atoms with Crippen LogP contribution in [0.5, 0.6) is 0 Å². The molecule has 1 aromatic carbocycles. The van der Waals surface area contributed by atoms with Gasteiger partial charge in [-0.2, -0.15) is 4.31 Å². The third kappa shape index (κ3) is 3.77. The van der Waals surface area contributed by atoms with Gasteiger partial charge in [0.2, 0.25) is 10.0 Å². The number of hydrogen-bond donors (Lipinski definition) is 1. The quantitative estimate of drug-likeness (QED) is 0.798. The third-order valence-electron chi connectivity index (χ3n) is 3.53. The lowest BCUT2D eigenvalue weighted by Crippen LogP contribution is -2.51. The summed E-state index contributed by atoms with van der Waals surface area (Å²) < 4.78 is 26.5. The molecule has 0 aromatic heterocycles. The van der Waals surface area contributed by atoms with Crippen LogP contribution in [-0.2, 0) is 19.6 Å². The minimum Gasteiger partial charge on any atom is -0.480 e. The molecule has 1 atom stereocenters. The first kappa shape index (κ1) is 18.4. The van der Waals surface area contributed by atoms with Crippen molar-refractivity contribution in [1.82, 2.24) is 9.21 Å². The Morgan fingerprint density at radius 1 is 1.33 bits per heavy atom. The summed E-state index contributed by atoms with van der Waals surface area (Å²) in [5.74, 6) is -1.73. The number of halogens is 1. The molecule has 1 saturated heterocycles. The number of rotatable bonds is 4. The van der Waals surface area contributed by atoms with Crippen molar-refractivity contribution in [3.8, 4) is 0 Å². The van der Waals surface area contributed by atoms with E-state index in [4.69, 9.17) is 11.6 Å². The third-order valence-corrected chi connectivity index (χ3v) is 5.65. The van der Waals surface area contributed by atoms with Gasteiger partial charge in [-0.05, 0) is 24.3 Å². The lowest BCUT2D eigenvalue weighted by Gasteiger charge is -2.33. The molecule has 9 heteroatoms. The number of hydrogen-bond acceptors (Lipinski definition) is 5. The number of carbonyl (C=O) groups is 2. The highest BCUT2D eigenvalue weighted by Gasteiger charge is 2.42. The predicted molar refractivity (Wildman–Crippen MR) is 88.2 cm³/mol. The van der Waals surface area contributed by atoms with Crippen molar-refractivity contribution < 1.29 is 23.1 Å². The van der Waals surface area contributed by atoms with Gasteiger partial charge in [0.25, 0.3) is 0 Å². The molecule has 1 aromatic rings. The fourth-order valence-electron chi connectivity index (χ4n) is 2.40. The summed E-state index contributed by atoms with van der Waals surface area (Å²) in [6.45, 7) is -0.293. The van der Waals surface area contributed by atoms with Crippen LogP contribution in [0.15, 0.2) is 40.9 Å². The van der Waals surface area contributed by atoms with E-state index in [1.807, 2.05) is 0 Å². The summed E-state index contributed by atoms with van der Waals surface area (Å²) in [4.78, 5) is 25.1. The van der Waals surface area contributed by atoms with Crippen molar-refractivity contribution in [3.05, 3.63) is 41.1 Å². The number of nitrogens with zero attached hydrogens (tertiary/aromatic N) is 2. The van der Waals surface area contributed by atoms with E-state index >= 15 is 0 Å². The molecular formula is C15H17ClN2O5S. The first-order chi connectivity index (χ1) is 11.1. The summed E-state index contributed by atoms with van der Waals surface area (Å²) in [7, 11) is -0.691. The van der Waals surface area contributed by atoms with E-state index in [0.29, 0.717) is 5.02 Å². The van der Waals surface area contributed by atoms with Crippen molar-refractivity contribution in [1.29, 1.82) is 0 Å². The lowest BCUT2D eigenvalue weighted by atomic mass is 9.99. The Bertz CT molecular complexity index is 787. The van der Waals surface area contributed by atoms with E-state index in [1.54, 1.807) is 19.0 Å². The largest absolute Gasteiger partial charge is 0.480 e. The minimum absolute atomic E-state index is 0.0725. The highest BCUT2D eigenvalue weighted by atomic mass is 35.5. The molecule has 130 valence electrons. The zero-order valence-electron chi connectivity index (χ0n) is 13.1. The SMILES string of the molecule is CN(C)C=C1CN(S(=O)(=O)c2ccc(Cl)cc2)C(C(=O)O)CC1=O. The lowest BCUT2D eigenvalue weighted by molar-refractivity contribution is -0.144. The number of carboxylic acids is 1. The van der Waals surface area contributed by atoms with Crippen LogP contribution in [0.3, 0.4) is 0 Å². The Kier molecular flexibility index (Phi) is 5.32. The fourth-order valence-corrected chi connectivity index (χ4v) is 4.09. The van der Waals surface area contributed by atoms with Crippen molar-refractivity contribution >= 4 is 33.4 Å². The maximum atomic E-state index is 12.8. The van der Waals surface area contributed by atoms with Crippen molar-refractivity contribution in [2.45, 2.75) is 17.4 Å². The summed E-state index contributed by atoms with van der Waals surface area (Å²) in [6.07, 6.45) is 1.10. The molecule has 1 unspecified atom stereocenters. The Labute approximate surface area is 145 Å². The van der Waals surface area contributed by atoms with Gasteiger partial charge < -0.3 is 10.0 Å². The Balaban J connectivity index is 2.47. The molecule has 0 radical (unpaired) electrons. The van der Waals surface area contributed by atoms with Crippen LogP contribution in [0.4, 0.5) is 0 Å². The van der Waals surface area contributed by atoms with E-state index in [0.717, 1.165) is 4.31 Å². The molecule has 1 fully saturated rings. The van der Waals surface area contributed by atoms with Gasteiger partial charge in [-0.1, -0.05) is 11.6 Å². The first-order valence-electron chi connectivity index (χ1n) is 7.03. The standard InChI is InChI=1S/C15H17ClN2O5S/c1-17(2)8-10-9-18(13(15(20)21)7-14(10)19)24(22,23)12-5-3-11(16)4-6-12/h3-6,8,13H,7,9H2,1-2H3,(H,20,21). The van der Waals surface area contributed by atoms with Crippen molar-refractivity contribution in [2.24, 2.45) is 0 Å². The van der Waals surface area contributed by atoms with Gasteiger partial charge in [-0.15, -0.1) is 0 Å². The second-order valence-electron chi connectivity index (χ2n) is 5.60. The molecule has 0 saturated carbocycles. The first-order valence-corrected chi connectivity index (χ1v) is 8.85. The average molecular weight is 373 g/mol. The molecule has 0 bridgehead atoms. The molecule has 1 N–H and O–H groups in total. The molecule has 0 spiro atoms. The second kappa shape index (κ2) is 6.92. The molecule has 1 aliphatic rings. The van der Waals surface area contributed by atoms with E-state index in [1.165, 1.54) is 30.5 Å². The zero-order valence-corrected chi connectivity index (χ0v) is 14.7. The molecule has 0 aliphatic carbocycles. The van der Waals surface area contributed by atoms with Gasteiger partial charge in [0.1, 0.15) is 6.04 Å². The van der Waals surface area contributed by atoms with Crippen LogP contribution in [0, 0.1) is 0 Å². The molecular weight excluding hydrogens is 356 g/mol. The van der Waals surface area contributed by atoms with Gasteiger partial charge in [-0.3, -0.25) is 9.59 Å². The van der Waals surface area contributed by atoms with E-state index in [-0.39, 0.29) is 22.8 Å². The summed E-state index contributed by atoms with van der Waals surface area (Å²) in [5, 5.41) is 9.71. The Morgan fingerprint density at radius 3 is 2.42 bits per heavy atom. The zero-order chi connectivity index (χ0) is 18.1. The molecule has 1 heterocycles. The normalized spacial score (nSPS) is 21.0. The topological polar surface area (TPSA) is 95.0 Å². The maximum absolute atomic E-state index is 12.8. The number of benzene rings is 1. The molecule has 24 heavy (non-hydrogen) atoms. The summed E-state index contributed by atoms with van der Waals surface area (Å²) >= 11 is 5.76. The maximum Gasteiger partial charge on any atom is 0.322 e. The number of carbonyl (C=O) groups excluding carboxylic acids is 1. The highest BCUT2D eigenvalue weighted by molar-refractivity contribution is 7.89. The van der Waals surface area contributed by atoms with Crippen LogP contribution in [0.1, 0.15) is 6.42 Å². The van der Waals surface area contributed by atoms with Gasteiger partial charge in [-0.25, -0.2) is 8.42 Å². The number of Topliss-reactive ketones (excluding diaryl/α,β-unsaturated/α-hetero) is 1. The molecule has 2 rings (SSSR count). The Morgan fingerprint density at radius 2 is 1.92 bits per heavy atom. The van der Waals surface area contributed by atoms with Crippen LogP contribution in [0.25, 0.3) is 0 Å². The fraction of sp³-hybridized carbons (Fsp3) is 0.333. The average Bonchev–Trinajstić information content (AvgIpc) is 2.48. The van der Waals surface area contributed by atoms with Crippen LogP contribution < -0.4 is 0 Å². The number of carboxylic acid groups (broad SMARTS) is 1. The monoisotopic (exact) mass is 372 g/mol. The summed E-state index contributed by atoms with van der Waals surface area (Å²) in [5.41, 5.74) is 0.245. The molecule has 7 nitrogen and oxygen atoms in total. The number of aliphatic carboxylic acids is 1. The van der Waals surface area contributed by atoms with Crippen LogP contribution in [0.2, 0.25) is 5.02 Å². The number of sulfonamides is 1. The van der Waals surface area contributed by atoms with E-state index in [9.17, 15) is 23.1 Å². The van der Waals surface area contributed by atoms with E-state index in [2.05, 4.69) is 0 Å². The van der Waals surface area contributed by atoms with Crippen molar-refractivity contribution in [3.63, 3.8) is 0 Å². The van der Waals surface area contributed by atoms with Crippen molar-refractivity contribution in [2.75, 3.05) is 20.6 Å². The van der Waals surface area contributed by atoms with Gasteiger partial charge in [0.05, 0.1) is 4.90 Å². The molecule has 0 amide bonds. The number of ketones is 1. The highest BCUT2D eigenvalue weighted by Crippen LogP contribution is 2.27. The number of piperidine rings is 1. The minimum atomic E-state index is -4.08. The van der Waals surface area contributed by atoms with Crippen LogP contribution in [-0.4, -0.2) is 61.2 Å². The smallest absolute Gasteiger partial charge is 0.322 e. The molecule has 1 aliphatic heterocycles. The Hall–Kier alpha value is -1.90. The van der Waals surface area contributed by atoms with Crippen LogP contribution >= 0.6 is 11.6 Å². The van der Waals surface area contributed by atoms with Gasteiger partial charge >= 0.3 is 5.97 Å².